The van der Waals surface area contributed by atoms with Gasteiger partial charge in [0.2, 0.25) is 5.91 Å². The minimum absolute atomic E-state index is 0.00798. The highest BCUT2D eigenvalue weighted by molar-refractivity contribution is 5.80. The number of amides is 1. The average molecular weight is 667 g/mol. The van der Waals surface area contributed by atoms with E-state index in [0.29, 0.717) is 13.1 Å². The highest BCUT2D eigenvalue weighted by atomic mass is 16.7. The largest absolute Gasteiger partial charge is 0.481 e. The number of hydrogen-bond donors (Lipinski definition) is 4. The van der Waals surface area contributed by atoms with Crippen LogP contribution in [0.15, 0.2) is 103 Å². The van der Waals surface area contributed by atoms with Crippen LogP contribution in [0.1, 0.15) is 73.0 Å². The SMILES string of the molecule is C[C@@H]1[C@H](CN(C)[C@H](C)[C@@H](O)c2ccccc2)O[C@H](c2ccc(-c3cccc(CNC(=O)CCC(=O)O)c3)cc2)O[C@@H]1c1ccc(CO)cc1. The van der Waals surface area contributed by atoms with Crippen LogP contribution in [-0.4, -0.2) is 57.8 Å². The second-order valence-corrected chi connectivity index (χ2v) is 12.9. The minimum Gasteiger partial charge on any atom is -0.481 e. The summed E-state index contributed by atoms with van der Waals surface area (Å²) in [5, 5.41) is 32.3. The Balaban J connectivity index is 1.32. The molecule has 9 nitrogen and oxygen atoms in total. The van der Waals surface area contributed by atoms with Crippen LogP contribution in [0.25, 0.3) is 11.1 Å². The van der Waals surface area contributed by atoms with Crippen molar-refractivity contribution in [1.82, 2.24) is 10.2 Å². The summed E-state index contributed by atoms with van der Waals surface area (Å²) in [5.74, 6) is -1.30. The van der Waals surface area contributed by atoms with Crippen molar-refractivity contribution < 1.29 is 34.4 Å². The van der Waals surface area contributed by atoms with Crippen LogP contribution in [0.3, 0.4) is 0 Å². The molecule has 0 spiro atoms. The van der Waals surface area contributed by atoms with E-state index in [1.54, 1.807) is 0 Å². The zero-order chi connectivity index (χ0) is 34.9. The van der Waals surface area contributed by atoms with E-state index >= 15 is 0 Å². The molecule has 1 saturated heterocycles. The van der Waals surface area contributed by atoms with E-state index in [2.05, 4.69) is 17.1 Å². The van der Waals surface area contributed by atoms with Crippen LogP contribution in [0, 0.1) is 5.92 Å². The van der Waals surface area contributed by atoms with E-state index in [0.717, 1.165) is 38.9 Å². The summed E-state index contributed by atoms with van der Waals surface area (Å²) in [6.45, 7) is 5.01. The number of aliphatic carboxylic acids is 1. The fraction of sp³-hybridized carbons (Fsp3) is 0.350. The number of ether oxygens (including phenoxy) is 2. The number of nitrogens with zero attached hydrogens (tertiary/aromatic N) is 1. The number of benzene rings is 4. The molecule has 49 heavy (non-hydrogen) atoms. The predicted octanol–water partition coefficient (Wildman–Crippen LogP) is 6.17. The van der Waals surface area contributed by atoms with Gasteiger partial charge in [-0.1, -0.05) is 104 Å². The Labute approximate surface area is 288 Å². The highest BCUT2D eigenvalue weighted by Crippen LogP contribution is 2.42. The molecular weight excluding hydrogens is 620 g/mol. The third-order valence-electron chi connectivity index (χ3n) is 9.38. The van der Waals surface area contributed by atoms with Crippen molar-refractivity contribution in [3.05, 3.63) is 131 Å². The number of nitrogens with one attached hydrogen (secondary N) is 1. The molecule has 0 unspecified atom stereocenters. The molecule has 1 fully saturated rings. The van der Waals surface area contributed by atoms with Crippen molar-refractivity contribution in [1.29, 1.82) is 0 Å². The van der Waals surface area contributed by atoms with Crippen molar-refractivity contribution in [3.63, 3.8) is 0 Å². The van der Waals surface area contributed by atoms with E-state index in [-0.39, 0.29) is 49.5 Å². The molecule has 0 radical (unpaired) electrons. The molecule has 1 aliphatic rings. The Morgan fingerprint density at radius 3 is 2.20 bits per heavy atom. The third-order valence-corrected chi connectivity index (χ3v) is 9.38. The third kappa shape index (κ3) is 9.41. The van der Waals surface area contributed by atoms with Crippen LogP contribution in [-0.2, 0) is 32.2 Å². The zero-order valence-corrected chi connectivity index (χ0v) is 28.2. The van der Waals surface area contributed by atoms with Gasteiger partial charge in [0.1, 0.15) is 0 Å². The summed E-state index contributed by atoms with van der Waals surface area (Å²) in [5.41, 5.74) is 6.46. The lowest BCUT2D eigenvalue weighted by atomic mass is 9.89. The van der Waals surface area contributed by atoms with Gasteiger partial charge in [0.25, 0.3) is 0 Å². The molecular formula is C40H46N2O7. The van der Waals surface area contributed by atoms with Crippen LogP contribution in [0.4, 0.5) is 0 Å². The normalized spacial score (nSPS) is 20.4. The molecule has 6 atom stereocenters. The fourth-order valence-electron chi connectivity index (χ4n) is 6.15. The summed E-state index contributed by atoms with van der Waals surface area (Å²) in [6, 6.07) is 33.3. The average Bonchev–Trinajstić information content (AvgIpc) is 3.13. The van der Waals surface area contributed by atoms with Gasteiger partial charge in [-0.3, -0.25) is 14.5 Å². The summed E-state index contributed by atoms with van der Waals surface area (Å²) in [7, 11) is 2.01. The highest BCUT2D eigenvalue weighted by Gasteiger charge is 2.39. The molecule has 0 saturated carbocycles. The van der Waals surface area contributed by atoms with Crippen molar-refractivity contribution in [3.8, 4) is 11.1 Å². The molecule has 0 aromatic heterocycles. The molecule has 1 aliphatic heterocycles. The van der Waals surface area contributed by atoms with Crippen LogP contribution in [0.5, 0.6) is 0 Å². The first kappa shape index (κ1) is 35.9. The minimum atomic E-state index is -0.998. The van der Waals surface area contributed by atoms with Gasteiger partial charge in [0, 0.05) is 37.0 Å². The predicted molar refractivity (Wildman–Crippen MR) is 187 cm³/mol. The Morgan fingerprint density at radius 1 is 0.837 bits per heavy atom. The second kappa shape index (κ2) is 16.8. The van der Waals surface area contributed by atoms with Gasteiger partial charge < -0.3 is 30.1 Å². The van der Waals surface area contributed by atoms with Gasteiger partial charge in [-0.25, -0.2) is 0 Å². The lowest BCUT2D eigenvalue weighted by Crippen LogP contribution is -2.46. The maximum atomic E-state index is 12.0. The number of rotatable bonds is 14. The van der Waals surface area contributed by atoms with E-state index in [4.69, 9.17) is 14.6 Å². The van der Waals surface area contributed by atoms with Crippen molar-refractivity contribution in [2.24, 2.45) is 5.92 Å². The number of hydrogen-bond acceptors (Lipinski definition) is 7. The maximum Gasteiger partial charge on any atom is 0.303 e. The molecule has 0 aliphatic carbocycles. The van der Waals surface area contributed by atoms with Gasteiger partial charge in [-0.15, -0.1) is 0 Å². The van der Waals surface area contributed by atoms with Crippen molar-refractivity contribution in [2.45, 2.75) is 70.5 Å². The Hall–Kier alpha value is -4.38. The van der Waals surface area contributed by atoms with Gasteiger partial charge in [0.05, 0.1) is 31.3 Å². The first-order valence-electron chi connectivity index (χ1n) is 16.7. The number of carbonyl (C=O) groups excluding carboxylic acids is 1. The van der Waals surface area contributed by atoms with Gasteiger partial charge in [-0.05, 0) is 53.4 Å². The second-order valence-electron chi connectivity index (χ2n) is 12.9. The molecule has 4 aromatic rings. The number of carbonyl (C=O) groups is 2. The first-order chi connectivity index (χ1) is 23.6. The molecule has 5 rings (SSSR count). The summed E-state index contributed by atoms with van der Waals surface area (Å²) in [6.07, 6.45) is -2.01. The Bertz CT molecular complexity index is 1660. The lowest BCUT2D eigenvalue weighted by Gasteiger charge is -2.43. The Morgan fingerprint density at radius 2 is 1.53 bits per heavy atom. The molecule has 258 valence electrons. The van der Waals surface area contributed by atoms with E-state index in [9.17, 15) is 19.8 Å². The number of carboxylic acids is 1. The molecule has 0 bridgehead atoms. The quantitative estimate of drug-likeness (QED) is 0.126. The molecule has 4 N–H and O–H groups in total. The summed E-state index contributed by atoms with van der Waals surface area (Å²) >= 11 is 0. The van der Waals surface area contributed by atoms with E-state index in [1.807, 2.05) is 117 Å². The van der Waals surface area contributed by atoms with Crippen LogP contribution in [0.2, 0.25) is 0 Å². The number of carboxylic acid groups (broad SMARTS) is 1. The van der Waals surface area contributed by atoms with Gasteiger partial charge in [0.15, 0.2) is 6.29 Å². The molecule has 1 heterocycles. The van der Waals surface area contributed by atoms with Crippen LogP contribution >= 0.6 is 0 Å². The number of likely N-dealkylation sites (N-methyl/N-ethyl adjacent to an activating group) is 1. The van der Waals surface area contributed by atoms with Crippen molar-refractivity contribution in [2.75, 3.05) is 13.6 Å². The zero-order valence-electron chi connectivity index (χ0n) is 28.2. The Kier molecular flexibility index (Phi) is 12.3. The summed E-state index contributed by atoms with van der Waals surface area (Å²) in [4.78, 5) is 24.9. The number of aliphatic hydroxyl groups excluding tert-OH is 2. The van der Waals surface area contributed by atoms with Gasteiger partial charge >= 0.3 is 5.97 Å². The molecule has 4 aromatic carbocycles. The topological polar surface area (TPSA) is 129 Å². The summed E-state index contributed by atoms with van der Waals surface area (Å²) < 4.78 is 13.3. The van der Waals surface area contributed by atoms with E-state index < -0.39 is 18.4 Å². The number of aliphatic hydroxyl groups is 2. The maximum absolute atomic E-state index is 12.0. The molecule has 9 heteroatoms. The standard InChI is InChI=1S/C40H46N2O7/c1-26-35(24-42(3)27(2)38(47)31-9-5-4-6-10-31)48-40(49-39(26)32-14-12-28(25-43)13-15-32)33-18-16-30(17-19-33)34-11-7-8-29(22-34)23-41-36(44)20-21-37(45)46/h4-19,22,26-27,35,38-40,43,47H,20-21,23-25H2,1-3H3,(H,41,44)(H,45,46)/t26-,27-,35+,38-,39+,40+/m1/s1. The monoisotopic (exact) mass is 666 g/mol. The van der Waals surface area contributed by atoms with Crippen LogP contribution < -0.4 is 5.32 Å². The fourth-order valence-corrected chi connectivity index (χ4v) is 6.15. The lowest BCUT2D eigenvalue weighted by molar-refractivity contribution is -0.276. The van der Waals surface area contributed by atoms with E-state index in [1.165, 1.54) is 0 Å². The smallest absolute Gasteiger partial charge is 0.303 e. The van der Waals surface area contributed by atoms with Gasteiger partial charge in [-0.2, -0.15) is 0 Å². The first-order valence-corrected chi connectivity index (χ1v) is 16.7. The molecule has 1 amide bonds. The van der Waals surface area contributed by atoms with Crippen molar-refractivity contribution >= 4 is 11.9 Å².